The highest BCUT2D eigenvalue weighted by Gasteiger charge is 2.54. The first-order valence-electron chi connectivity index (χ1n) is 8.63. The van der Waals surface area contributed by atoms with Crippen LogP contribution in [0.15, 0.2) is 15.8 Å². The number of aromatic amines is 1. The standard InChI is InChI=1S/C17H26N4O2/c1-17(8-5-12-11-13(12)17)7-3-2-4-10-21-15(22)19-14(6-9-18)20-16(21)23/h6,9,12-13H,2-5,7-8,10-11,18H2,1H3,(H,19,20,22,23). The van der Waals surface area contributed by atoms with Gasteiger partial charge in [0.15, 0.2) is 0 Å². The van der Waals surface area contributed by atoms with Crippen molar-refractivity contribution in [1.82, 2.24) is 14.5 Å². The second-order valence-corrected chi connectivity index (χ2v) is 7.33. The summed E-state index contributed by atoms with van der Waals surface area (Å²) in [4.78, 5) is 30.1. The van der Waals surface area contributed by atoms with Crippen LogP contribution in [0.4, 0.5) is 0 Å². The van der Waals surface area contributed by atoms with Gasteiger partial charge in [0.1, 0.15) is 5.82 Å². The fourth-order valence-corrected chi connectivity index (χ4v) is 4.23. The van der Waals surface area contributed by atoms with E-state index in [1.54, 1.807) is 0 Å². The lowest BCUT2D eigenvalue weighted by atomic mass is 9.80. The molecule has 0 aliphatic heterocycles. The van der Waals surface area contributed by atoms with Gasteiger partial charge in [0, 0.05) is 6.54 Å². The van der Waals surface area contributed by atoms with Crippen molar-refractivity contribution < 1.29 is 0 Å². The fraction of sp³-hybridized carbons (Fsp3) is 0.706. The number of unbranched alkanes of at least 4 members (excludes halogenated alkanes) is 2. The first-order chi connectivity index (χ1) is 11.0. The van der Waals surface area contributed by atoms with E-state index < -0.39 is 11.4 Å². The zero-order chi connectivity index (χ0) is 16.4. The van der Waals surface area contributed by atoms with Crippen LogP contribution >= 0.6 is 0 Å². The molecule has 3 N–H and O–H groups in total. The number of hydrogen-bond acceptors (Lipinski definition) is 4. The van der Waals surface area contributed by atoms with Gasteiger partial charge in [-0.15, -0.1) is 0 Å². The molecule has 0 saturated heterocycles. The van der Waals surface area contributed by atoms with Crippen LogP contribution < -0.4 is 17.1 Å². The largest absolute Gasteiger partial charge is 0.404 e. The minimum Gasteiger partial charge on any atom is -0.404 e. The third kappa shape index (κ3) is 3.41. The lowest BCUT2D eigenvalue weighted by Crippen LogP contribution is -2.37. The third-order valence-corrected chi connectivity index (χ3v) is 5.71. The highest BCUT2D eigenvalue weighted by molar-refractivity contribution is 5.37. The number of fused-ring (bicyclic) bond motifs is 1. The molecule has 1 heterocycles. The Morgan fingerprint density at radius 3 is 2.83 bits per heavy atom. The van der Waals surface area contributed by atoms with E-state index in [1.165, 1.54) is 48.9 Å². The Kier molecular flexibility index (Phi) is 4.41. The van der Waals surface area contributed by atoms with E-state index in [9.17, 15) is 9.59 Å². The van der Waals surface area contributed by atoms with Crippen molar-refractivity contribution in [2.75, 3.05) is 0 Å². The molecule has 2 aliphatic rings. The van der Waals surface area contributed by atoms with Gasteiger partial charge >= 0.3 is 11.4 Å². The molecule has 0 radical (unpaired) electrons. The molecule has 0 aromatic carbocycles. The van der Waals surface area contributed by atoms with Gasteiger partial charge in [-0.3, -0.25) is 4.98 Å². The summed E-state index contributed by atoms with van der Waals surface area (Å²) in [5.41, 5.74) is 4.86. The van der Waals surface area contributed by atoms with E-state index in [0.717, 1.165) is 24.7 Å². The van der Waals surface area contributed by atoms with Crippen molar-refractivity contribution >= 4 is 6.08 Å². The van der Waals surface area contributed by atoms with E-state index in [-0.39, 0.29) is 5.82 Å². The van der Waals surface area contributed by atoms with Crippen LogP contribution in [-0.4, -0.2) is 14.5 Å². The van der Waals surface area contributed by atoms with Gasteiger partial charge < -0.3 is 5.73 Å². The molecular formula is C17H26N4O2. The van der Waals surface area contributed by atoms with Crippen LogP contribution in [0.25, 0.3) is 6.08 Å². The number of nitrogens with two attached hydrogens (primary N) is 1. The zero-order valence-corrected chi connectivity index (χ0v) is 13.8. The minimum atomic E-state index is -0.509. The summed E-state index contributed by atoms with van der Waals surface area (Å²) in [6, 6.07) is 0. The molecule has 6 heteroatoms. The van der Waals surface area contributed by atoms with Crippen LogP contribution in [0, 0.1) is 17.3 Å². The first-order valence-corrected chi connectivity index (χ1v) is 8.63. The lowest BCUT2D eigenvalue weighted by molar-refractivity contribution is 0.250. The van der Waals surface area contributed by atoms with Gasteiger partial charge in [-0.25, -0.2) is 14.2 Å². The summed E-state index contributed by atoms with van der Waals surface area (Å²) in [7, 11) is 0. The van der Waals surface area contributed by atoms with Gasteiger partial charge in [0.25, 0.3) is 0 Å². The van der Waals surface area contributed by atoms with Crippen LogP contribution in [0.1, 0.15) is 57.7 Å². The fourth-order valence-electron chi connectivity index (χ4n) is 4.23. The van der Waals surface area contributed by atoms with Gasteiger partial charge in [-0.1, -0.05) is 19.8 Å². The second-order valence-electron chi connectivity index (χ2n) is 7.33. The number of hydrogen-bond donors (Lipinski definition) is 2. The Morgan fingerprint density at radius 2 is 2.22 bits per heavy atom. The molecule has 0 amide bonds. The smallest absolute Gasteiger partial charge is 0.353 e. The average Bonchev–Trinajstić information content (AvgIpc) is 3.22. The van der Waals surface area contributed by atoms with Crippen molar-refractivity contribution in [1.29, 1.82) is 0 Å². The maximum absolute atomic E-state index is 11.9. The molecule has 2 fully saturated rings. The molecule has 1 aromatic heterocycles. The maximum Gasteiger partial charge on any atom is 0.353 e. The predicted molar refractivity (Wildman–Crippen MR) is 89.7 cm³/mol. The molecule has 6 nitrogen and oxygen atoms in total. The lowest BCUT2D eigenvalue weighted by Gasteiger charge is -2.26. The summed E-state index contributed by atoms with van der Waals surface area (Å²) in [5, 5.41) is 0. The van der Waals surface area contributed by atoms with Gasteiger partial charge in [-0.05, 0) is 61.6 Å². The second kappa shape index (κ2) is 6.34. The number of aromatic nitrogens is 3. The highest BCUT2D eigenvalue weighted by Crippen LogP contribution is 2.63. The predicted octanol–water partition coefficient (Wildman–Crippen LogP) is 1.86. The first kappa shape index (κ1) is 16.0. The van der Waals surface area contributed by atoms with Crippen molar-refractivity contribution in [3.8, 4) is 0 Å². The summed E-state index contributed by atoms with van der Waals surface area (Å²) >= 11 is 0. The third-order valence-electron chi connectivity index (χ3n) is 5.71. The van der Waals surface area contributed by atoms with Gasteiger partial charge in [0.05, 0.1) is 0 Å². The van der Waals surface area contributed by atoms with Crippen molar-refractivity contribution in [2.24, 2.45) is 23.0 Å². The summed E-state index contributed by atoms with van der Waals surface area (Å²) in [5.74, 6) is 2.19. The average molecular weight is 318 g/mol. The monoisotopic (exact) mass is 318 g/mol. The van der Waals surface area contributed by atoms with E-state index >= 15 is 0 Å². The van der Waals surface area contributed by atoms with Crippen LogP contribution in [0.3, 0.4) is 0 Å². The molecule has 0 bridgehead atoms. The molecule has 3 unspecified atom stereocenters. The molecule has 2 aliphatic carbocycles. The normalized spacial score (nSPS) is 29.1. The van der Waals surface area contributed by atoms with E-state index in [2.05, 4.69) is 16.9 Å². The van der Waals surface area contributed by atoms with Crippen LogP contribution in [0.2, 0.25) is 0 Å². The zero-order valence-electron chi connectivity index (χ0n) is 13.8. The maximum atomic E-state index is 11.9. The Morgan fingerprint density at radius 1 is 1.39 bits per heavy atom. The molecule has 126 valence electrons. The molecular weight excluding hydrogens is 292 g/mol. The SMILES string of the molecule is CC1(CCCCCn2c(=O)nc(C=CN)[nH]c2=O)CCC2CC21. The van der Waals surface area contributed by atoms with Crippen molar-refractivity contribution in [3.63, 3.8) is 0 Å². The van der Waals surface area contributed by atoms with Crippen molar-refractivity contribution in [3.05, 3.63) is 33.0 Å². The van der Waals surface area contributed by atoms with Gasteiger partial charge in [0.2, 0.25) is 0 Å². The van der Waals surface area contributed by atoms with Crippen LogP contribution in [-0.2, 0) is 6.54 Å². The topological polar surface area (TPSA) is 93.8 Å². The number of H-pyrrole nitrogens is 1. The number of nitrogens with one attached hydrogen (secondary N) is 1. The molecule has 3 atom stereocenters. The molecule has 1 aromatic rings. The molecule has 3 rings (SSSR count). The number of rotatable bonds is 7. The minimum absolute atomic E-state index is 0.201. The quantitative estimate of drug-likeness (QED) is 0.750. The Bertz CT molecular complexity index is 674. The van der Waals surface area contributed by atoms with E-state index in [0.29, 0.717) is 12.0 Å². The van der Waals surface area contributed by atoms with Crippen molar-refractivity contribution in [2.45, 2.75) is 58.4 Å². The summed E-state index contributed by atoms with van der Waals surface area (Å²) in [6.07, 6.45) is 11.2. The number of nitrogens with zero attached hydrogens (tertiary/aromatic N) is 2. The Labute approximate surface area is 135 Å². The van der Waals surface area contributed by atoms with E-state index in [1.807, 2.05) is 0 Å². The molecule has 0 spiro atoms. The molecule has 2 saturated carbocycles. The summed E-state index contributed by atoms with van der Waals surface area (Å²) < 4.78 is 1.17. The highest BCUT2D eigenvalue weighted by atomic mass is 16.2. The van der Waals surface area contributed by atoms with Crippen LogP contribution in [0.5, 0.6) is 0 Å². The molecule has 23 heavy (non-hydrogen) atoms. The van der Waals surface area contributed by atoms with E-state index in [4.69, 9.17) is 5.73 Å². The summed E-state index contributed by atoms with van der Waals surface area (Å²) in [6.45, 7) is 2.87. The Hall–Kier alpha value is -1.85. The Balaban J connectivity index is 1.47. The van der Waals surface area contributed by atoms with Gasteiger partial charge in [-0.2, -0.15) is 4.98 Å².